The number of benzene rings is 3. The maximum atomic E-state index is 13.9. The van der Waals surface area contributed by atoms with Crippen LogP contribution in [-0.2, 0) is 13.8 Å². The van der Waals surface area contributed by atoms with E-state index < -0.39 is 20.0 Å². The lowest BCUT2D eigenvalue weighted by Crippen LogP contribution is -2.42. The first-order chi connectivity index (χ1) is 16.5. The molecule has 1 amide bonds. The minimum Gasteiger partial charge on any atom is -0.453 e. The molecule has 0 unspecified atom stereocenters. The Labute approximate surface area is 196 Å². The minimum atomic E-state index is -4.26. The molecule has 0 fully saturated rings. The third-order valence-corrected chi connectivity index (χ3v) is 6.43. The summed E-state index contributed by atoms with van der Waals surface area (Å²) in [6.07, 6.45) is 0.274. The molecule has 3 aromatic rings. The zero-order valence-electron chi connectivity index (χ0n) is 18.4. The average Bonchev–Trinajstić information content (AvgIpc) is 2.85. The summed E-state index contributed by atoms with van der Waals surface area (Å²) in [7, 11) is -2.98. The van der Waals surface area contributed by atoms with Gasteiger partial charge in [-0.2, -0.15) is 0 Å². The Hall–Kier alpha value is -3.61. The predicted molar refractivity (Wildman–Crippen MR) is 125 cm³/mol. The van der Waals surface area contributed by atoms with Crippen LogP contribution in [0.15, 0.2) is 91.0 Å². The maximum absolute atomic E-state index is 13.9. The molecule has 4 rings (SSSR count). The zero-order valence-corrected chi connectivity index (χ0v) is 19.3. The molecular formula is C25H23FNO6P. The summed E-state index contributed by atoms with van der Waals surface area (Å²) >= 11 is 0. The number of phosphoric acid groups is 1. The maximum Gasteiger partial charge on any atom is 0.588 e. The van der Waals surface area contributed by atoms with Gasteiger partial charge < -0.3 is 18.7 Å². The van der Waals surface area contributed by atoms with Crippen molar-refractivity contribution >= 4 is 19.5 Å². The van der Waals surface area contributed by atoms with Crippen molar-refractivity contribution in [2.45, 2.75) is 6.10 Å². The molecule has 0 saturated heterocycles. The molecule has 1 atom stereocenters. The summed E-state index contributed by atoms with van der Waals surface area (Å²) in [6.45, 7) is 0.263. The van der Waals surface area contributed by atoms with Crippen LogP contribution >= 0.6 is 7.82 Å². The first-order valence-corrected chi connectivity index (χ1v) is 12.0. The highest BCUT2D eigenvalue weighted by molar-refractivity contribution is 7.49. The third-order valence-electron chi connectivity index (χ3n) is 5.05. The van der Waals surface area contributed by atoms with Gasteiger partial charge in [-0.3, -0.25) is 4.52 Å². The smallest absolute Gasteiger partial charge is 0.453 e. The Bertz CT molecular complexity index is 1140. The molecule has 0 N–H and O–H groups in total. The molecule has 0 bridgehead atoms. The summed E-state index contributed by atoms with van der Waals surface area (Å²) in [5, 5.41) is 0. The molecule has 0 aromatic heterocycles. The Morgan fingerprint density at radius 3 is 2.00 bits per heavy atom. The van der Waals surface area contributed by atoms with E-state index in [9.17, 15) is 13.8 Å². The van der Waals surface area contributed by atoms with Crippen molar-refractivity contribution in [3.63, 3.8) is 0 Å². The van der Waals surface area contributed by atoms with Gasteiger partial charge in [-0.05, 0) is 47.5 Å². The number of carbonyl (C=O) groups excluding carboxylic acids is 1. The van der Waals surface area contributed by atoms with Crippen molar-refractivity contribution in [1.29, 1.82) is 0 Å². The number of phosphoric ester groups is 1. The average molecular weight is 483 g/mol. The van der Waals surface area contributed by atoms with Gasteiger partial charge in [0.15, 0.2) is 0 Å². The third kappa shape index (κ3) is 5.84. The number of ether oxygens (including phenoxy) is 1. The lowest BCUT2D eigenvalue weighted by atomic mass is 9.97. The number of hydrogen-bond acceptors (Lipinski definition) is 6. The number of carbonyl (C=O) groups is 1. The van der Waals surface area contributed by atoms with E-state index in [4.69, 9.17) is 18.3 Å². The SMILES string of the molecule is COC(=O)N1CC=C(c2ccc(F)cc2)[C@H](OP(=O)(Oc2ccccc2)Oc2ccccc2)C1. The van der Waals surface area contributed by atoms with E-state index in [1.54, 1.807) is 78.9 Å². The van der Waals surface area contributed by atoms with Crippen molar-refractivity contribution in [1.82, 2.24) is 4.90 Å². The minimum absolute atomic E-state index is 0.0240. The molecule has 176 valence electrons. The predicted octanol–water partition coefficient (Wildman–Crippen LogP) is 5.94. The summed E-state index contributed by atoms with van der Waals surface area (Å²) < 4.78 is 49.7. The topological polar surface area (TPSA) is 74.3 Å². The molecule has 34 heavy (non-hydrogen) atoms. The second-order valence-corrected chi connectivity index (χ2v) is 8.86. The number of rotatable bonds is 7. The van der Waals surface area contributed by atoms with Crippen LogP contribution in [-0.4, -0.2) is 37.3 Å². The van der Waals surface area contributed by atoms with Crippen LogP contribution in [0.25, 0.3) is 5.57 Å². The lowest BCUT2D eigenvalue weighted by molar-refractivity contribution is 0.0987. The molecule has 0 aliphatic carbocycles. The van der Waals surface area contributed by atoms with Gasteiger partial charge in [0, 0.05) is 6.54 Å². The number of halogens is 1. The first kappa shape index (κ1) is 23.5. The van der Waals surface area contributed by atoms with Crippen LogP contribution < -0.4 is 9.05 Å². The van der Waals surface area contributed by atoms with Gasteiger partial charge in [0.25, 0.3) is 0 Å². The van der Waals surface area contributed by atoms with Gasteiger partial charge in [-0.15, -0.1) is 0 Å². The van der Waals surface area contributed by atoms with Crippen molar-refractivity contribution in [2.24, 2.45) is 0 Å². The van der Waals surface area contributed by atoms with Crippen LogP contribution in [0.1, 0.15) is 5.56 Å². The van der Waals surface area contributed by atoms with E-state index >= 15 is 0 Å². The van der Waals surface area contributed by atoms with Gasteiger partial charge in [-0.25, -0.2) is 13.8 Å². The van der Waals surface area contributed by atoms with Gasteiger partial charge in [0.05, 0.1) is 13.7 Å². The van der Waals surface area contributed by atoms with Crippen LogP contribution in [0.5, 0.6) is 11.5 Å². The summed E-state index contributed by atoms with van der Waals surface area (Å²) in [6, 6.07) is 22.8. The van der Waals surface area contributed by atoms with Crippen LogP contribution in [0.2, 0.25) is 0 Å². The highest BCUT2D eigenvalue weighted by Crippen LogP contribution is 2.52. The highest BCUT2D eigenvalue weighted by atomic mass is 31.2. The number of methoxy groups -OCH3 is 1. The molecule has 3 aromatic carbocycles. The Morgan fingerprint density at radius 2 is 1.47 bits per heavy atom. The fourth-order valence-corrected chi connectivity index (χ4v) is 4.84. The van der Waals surface area contributed by atoms with Crippen molar-refractivity contribution in [3.8, 4) is 11.5 Å². The fourth-order valence-electron chi connectivity index (χ4n) is 3.47. The first-order valence-electron chi connectivity index (χ1n) is 10.5. The molecule has 0 saturated carbocycles. The molecule has 0 spiro atoms. The molecule has 1 aliphatic rings. The highest BCUT2D eigenvalue weighted by Gasteiger charge is 2.39. The van der Waals surface area contributed by atoms with Crippen LogP contribution in [0, 0.1) is 5.82 Å². The Kier molecular flexibility index (Phi) is 7.30. The van der Waals surface area contributed by atoms with Crippen LogP contribution in [0.4, 0.5) is 9.18 Å². The normalized spacial score (nSPS) is 15.9. The summed E-state index contributed by atoms with van der Waals surface area (Å²) in [5.74, 6) is 0.184. The van der Waals surface area contributed by atoms with E-state index in [0.29, 0.717) is 11.1 Å². The van der Waals surface area contributed by atoms with Gasteiger partial charge >= 0.3 is 13.9 Å². The number of amides is 1. The standard InChI is InChI=1S/C25H23FNO6P/c1-30-25(28)27-17-16-23(19-12-14-20(26)15-13-19)24(18-27)33-34(29,31-21-8-4-2-5-9-21)32-22-10-6-3-7-11-22/h2-16,24H,17-18H2,1H3/t24-/m1/s1. The largest absolute Gasteiger partial charge is 0.588 e. The zero-order chi connectivity index (χ0) is 24.0. The molecule has 9 heteroatoms. The van der Waals surface area contributed by atoms with E-state index in [2.05, 4.69) is 0 Å². The van der Waals surface area contributed by atoms with Gasteiger partial charge in [0.2, 0.25) is 0 Å². The van der Waals surface area contributed by atoms with E-state index in [1.807, 2.05) is 0 Å². The molecular weight excluding hydrogens is 460 g/mol. The monoisotopic (exact) mass is 483 g/mol. The second kappa shape index (κ2) is 10.5. The number of para-hydroxylation sites is 2. The molecule has 7 nitrogen and oxygen atoms in total. The summed E-state index contributed by atoms with van der Waals surface area (Å²) in [5.41, 5.74) is 1.27. The van der Waals surface area contributed by atoms with Crippen molar-refractivity contribution in [2.75, 3.05) is 20.2 Å². The lowest BCUT2D eigenvalue weighted by Gasteiger charge is -2.33. The van der Waals surface area contributed by atoms with Crippen molar-refractivity contribution < 1.29 is 32.1 Å². The van der Waals surface area contributed by atoms with Crippen LogP contribution in [0.3, 0.4) is 0 Å². The second-order valence-electron chi connectivity index (χ2n) is 7.39. The molecule has 1 heterocycles. The Balaban J connectivity index is 1.68. The molecule has 1 aliphatic heterocycles. The van der Waals surface area contributed by atoms with E-state index in [1.165, 1.54) is 24.1 Å². The Morgan fingerprint density at radius 1 is 0.912 bits per heavy atom. The van der Waals surface area contributed by atoms with Gasteiger partial charge in [-0.1, -0.05) is 54.6 Å². The number of nitrogens with zero attached hydrogens (tertiary/aromatic N) is 1. The van der Waals surface area contributed by atoms with E-state index in [-0.39, 0.29) is 30.4 Å². The summed E-state index contributed by atoms with van der Waals surface area (Å²) in [4.78, 5) is 13.6. The van der Waals surface area contributed by atoms with E-state index in [0.717, 1.165) is 0 Å². The van der Waals surface area contributed by atoms with Crippen molar-refractivity contribution in [3.05, 3.63) is 102 Å². The number of hydrogen-bond donors (Lipinski definition) is 0. The molecule has 0 radical (unpaired) electrons. The quantitative estimate of drug-likeness (QED) is 0.387. The fraction of sp³-hybridized carbons (Fsp3) is 0.160. The van der Waals surface area contributed by atoms with Gasteiger partial charge in [0.1, 0.15) is 23.4 Å².